The lowest BCUT2D eigenvalue weighted by molar-refractivity contribution is 0.587. The Labute approximate surface area is 91.5 Å². The zero-order valence-corrected chi connectivity index (χ0v) is 9.75. The van der Waals surface area contributed by atoms with Crippen LogP contribution in [0.2, 0.25) is 0 Å². The van der Waals surface area contributed by atoms with Gasteiger partial charge in [0.2, 0.25) is 5.95 Å². The van der Waals surface area contributed by atoms with Crippen molar-refractivity contribution in [3.05, 3.63) is 18.0 Å². The molecule has 0 fully saturated rings. The largest absolute Gasteiger partial charge is 0.354 e. The molecule has 0 bridgehead atoms. The van der Waals surface area contributed by atoms with Crippen LogP contribution in [0.1, 0.15) is 32.8 Å². The van der Waals surface area contributed by atoms with Gasteiger partial charge in [-0.25, -0.2) is 9.97 Å². The van der Waals surface area contributed by atoms with Crippen LogP contribution in [0, 0.1) is 0 Å². The van der Waals surface area contributed by atoms with Gasteiger partial charge in [0.05, 0.1) is 0 Å². The topological polar surface area (TPSA) is 49.8 Å². The maximum atomic E-state index is 4.23. The van der Waals surface area contributed by atoms with E-state index >= 15 is 0 Å². The molecule has 84 valence electrons. The molecule has 0 aliphatic rings. The molecule has 4 heteroatoms. The summed E-state index contributed by atoms with van der Waals surface area (Å²) in [6.07, 6.45) is 4.81. The van der Waals surface area contributed by atoms with Gasteiger partial charge in [-0.2, -0.15) is 0 Å². The van der Waals surface area contributed by atoms with Crippen LogP contribution < -0.4 is 10.6 Å². The SMILES string of the molecule is CCCNc1ncc(CNC(C)C)cn1. The minimum Gasteiger partial charge on any atom is -0.354 e. The van der Waals surface area contributed by atoms with Crippen LogP contribution >= 0.6 is 0 Å². The molecule has 1 aromatic rings. The molecule has 0 spiro atoms. The van der Waals surface area contributed by atoms with Crippen LogP contribution in [-0.4, -0.2) is 22.6 Å². The minimum atomic E-state index is 0.489. The van der Waals surface area contributed by atoms with Crippen molar-refractivity contribution in [1.82, 2.24) is 15.3 Å². The van der Waals surface area contributed by atoms with Gasteiger partial charge >= 0.3 is 0 Å². The van der Waals surface area contributed by atoms with Gasteiger partial charge in [0, 0.05) is 37.1 Å². The molecule has 2 N–H and O–H groups in total. The molecule has 0 saturated carbocycles. The van der Waals surface area contributed by atoms with E-state index in [2.05, 4.69) is 41.4 Å². The highest BCUT2D eigenvalue weighted by atomic mass is 15.1. The van der Waals surface area contributed by atoms with E-state index in [-0.39, 0.29) is 0 Å². The molecule has 0 amide bonds. The number of hydrogen-bond acceptors (Lipinski definition) is 4. The van der Waals surface area contributed by atoms with E-state index in [1.165, 1.54) is 0 Å². The Bertz CT molecular complexity index is 268. The summed E-state index contributed by atoms with van der Waals surface area (Å²) in [5.74, 6) is 0.713. The van der Waals surface area contributed by atoms with Crippen molar-refractivity contribution in [2.75, 3.05) is 11.9 Å². The van der Waals surface area contributed by atoms with E-state index in [4.69, 9.17) is 0 Å². The molecule has 4 nitrogen and oxygen atoms in total. The molecule has 0 aliphatic carbocycles. The van der Waals surface area contributed by atoms with Crippen molar-refractivity contribution in [2.45, 2.75) is 39.8 Å². The summed E-state index contributed by atoms with van der Waals surface area (Å²) in [5, 5.41) is 6.47. The fourth-order valence-corrected chi connectivity index (χ4v) is 1.10. The van der Waals surface area contributed by atoms with Crippen LogP contribution in [0.15, 0.2) is 12.4 Å². The van der Waals surface area contributed by atoms with E-state index in [9.17, 15) is 0 Å². The number of rotatable bonds is 6. The van der Waals surface area contributed by atoms with Gasteiger partial charge in [-0.15, -0.1) is 0 Å². The molecule has 0 atom stereocenters. The van der Waals surface area contributed by atoms with E-state index in [0.717, 1.165) is 25.1 Å². The first kappa shape index (κ1) is 11.9. The molecule has 15 heavy (non-hydrogen) atoms. The van der Waals surface area contributed by atoms with Gasteiger partial charge in [-0.3, -0.25) is 0 Å². The third-order valence-electron chi connectivity index (χ3n) is 1.95. The number of anilines is 1. The molecular weight excluding hydrogens is 188 g/mol. The van der Waals surface area contributed by atoms with E-state index < -0.39 is 0 Å². The predicted octanol–water partition coefficient (Wildman–Crippen LogP) is 1.80. The number of aromatic nitrogens is 2. The van der Waals surface area contributed by atoms with Gasteiger partial charge in [0.1, 0.15) is 0 Å². The Balaban J connectivity index is 2.41. The van der Waals surface area contributed by atoms with Gasteiger partial charge in [0.15, 0.2) is 0 Å². The zero-order chi connectivity index (χ0) is 11.1. The number of nitrogens with one attached hydrogen (secondary N) is 2. The van der Waals surface area contributed by atoms with Gasteiger partial charge in [-0.1, -0.05) is 20.8 Å². The van der Waals surface area contributed by atoms with E-state index in [1.54, 1.807) is 0 Å². The molecule has 1 heterocycles. The fourth-order valence-electron chi connectivity index (χ4n) is 1.10. The quantitative estimate of drug-likeness (QED) is 0.748. The lowest BCUT2D eigenvalue weighted by atomic mass is 10.3. The molecule has 0 saturated heterocycles. The van der Waals surface area contributed by atoms with Crippen molar-refractivity contribution >= 4 is 5.95 Å². The molecule has 0 radical (unpaired) electrons. The summed E-state index contributed by atoms with van der Waals surface area (Å²) in [6, 6.07) is 0.489. The molecule has 0 aliphatic heterocycles. The normalized spacial score (nSPS) is 10.7. The summed E-state index contributed by atoms with van der Waals surface area (Å²) in [4.78, 5) is 8.46. The second kappa shape index (κ2) is 6.35. The van der Waals surface area contributed by atoms with E-state index in [0.29, 0.717) is 12.0 Å². The third-order valence-corrected chi connectivity index (χ3v) is 1.95. The van der Waals surface area contributed by atoms with Crippen LogP contribution in [0.3, 0.4) is 0 Å². The van der Waals surface area contributed by atoms with Gasteiger partial charge < -0.3 is 10.6 Å². The Morgan fingerprint density at radius 3 is 2.47 bits per heavy atom. The van der Waals surface area contributed by atoms with Crippen LogP contribution in [0.4, 0.5) is 5.95 Å². The maximum Gasteiger partial charge on any atom is 0.222 e. The lowest BCUT2D eigenvalue weighted by Crippen LogP contribution is -2.22. The van der Waals surface area contributed by atoms with Gasteiger partial charge in [-0.05, 0) is 6.42 Å². The zero-order valence-electron chi connectivity index (χ0n) is 9.75. The fraction of sp³-hybridized carbons (Fsp3) is 0.636. The van der Waals surface area contributed by atoms with Crippen LogP contribution in [-0.2, 0) is 6.54 Å². The van der Waals surface area contributed by atoms with Crippen molar-refractivity contribution in [2.24, 2.45) is 0 Å². The highest BCUT2D eigenvalue weighted by molar-refractivity contribution is 5.24. The van der Waals surface area contributed by atoms with Crippen LogP contribution in [0.25, 0.3) is 0 Å². The Morgan fingerprint density at radius 2 is 1.93 bits per heavy atom. The highest BCUT2D eigenvalue weighted by Gasteiger charge is 1.97. The molecular formula is C11H20N4. The van der Waals surface area contributed by atoms with Gasteiger partial charge in [0.25, 0.3) is 0 Å². The average Bonchev–Trinajstić information content (AvgIpc) is 2.25. The lowest BCUT2D eigenvalue weighted by Gasteiger charge is -2.08. The number of hydrogen-bond donors (Lipinski definition) is 2. The van der Waals surface area contributed by atoms with Crippen molar-refractivity contribution in [1.29, 1.82) is 0 Å². The third kappa shape index (κ3) is 4.74. The molecule has 1 rings (SSSR count). The summed E-state index contributed by atoms with van der Waals surface area (Å²) >= 11 is 0. The Kier molecular flexibility index (Phi) is 5.04. The van der Waals surface area contributed by atoms with Crippen LogP contribution in [0.5, 0.6) is 0 Å². The summed E-state index contributed by atoms with van der Waals surface area (Å²) in [7, 11) is 0. The molecule has 0 aromatic carbocycles. The Hall–Kier alpha value is -1.16. The first-order chi connectivity index (χ1) is 7.22. The average molecular weight is 208 g/mol. The molecule has 1 aromatic heterocycles. The second-order valence-corrected chi connectivity index (χ2v) is 3.88. The standard InChI is InChI=1S/C11H20N4/c1-4-5-12-11-14-7-10(8-15-11)6-13-9(2)3/h7-9,13H,4-6H2,1-3H3,(H,12,14,15). The number of nitrogens with zero attached hydrogens (tertiary/aromatic N) is 2. The maximum absolute atomic E-state index is 4.23. The Morgan fingerprint density at radius 1 is 1.27 bits per heavy atom. The molecule has 0 unspecified atom stereocenters. The highest BCUT2D eigenvalue weighted by Crippen LogP contribution is 2.00. The first-order valence-electron chi connectivity index (χ1n) is 5.50. The summed E-state index contributed by atoms with van der Waals surface area (Å²) in [5.41, 5.74) is 1.12. The summed E-state index contributed by atoms with van der Waals surface area (Å²) < 4.78 is 0. The monoisotopic (exact) mass is 208 g/mol. The van der Waals surface area contributed by atoms with Crippen molar-refractivity contribution in [3.8, 4) is 0 Å². The first-order valence-corrected chi connectivity index (χ1v) is 5.50. The predicted molar refractivity (Wildman–Crippen MR) is 62.8 cm³/mol. The minimum absolute atomic E-state index is 0.489. The van der Waals surface area contributed by atoms with Crippen molar-refractivity contribution < 1.29 is 0 Å². The smallest absolute Gasteiger partial charge is 0.222 e. The summed E-state index contributed by atoms with van der Waals surface area (Å²) in [6.45, 7) is 8.11. The van der Waals surface area contributed by atoms with E-state index in [1.807, 2.05) is 12.4 Å². The van der Waals surface area contributed by atoms with Crippen molar-refractivity contribution in [3.63, 3.8) is 0 Å². The second-order valence-electron chi connectivity index (χ2n) is 3.88.